The van der Waals surface area contributed by atoms with Gasteiger partial charge in [-0.3, -0.25) is 24.4 Å². The van der Waals surface area contributed by atoms with Crippen molar-refractivity contribution in [3.05, 3.63) is 101 Å². The van der Waals surface area contributed by atoms with Crippen molar-refractivity contribution in [2.45, 2.75) is 134 Å². The fourth-order valence-corrected chi connectivity index (χ4v) is 15.4. The molecule has 6 aliphatic rings. The number of benzene rings is 3. The van der Waals surface area contributed by atoms with E-state index in [1.54, 1.807) is 29.7 Å². The van der Waals surface area contributed by atoms with E-state index in [4.69, 9.17) is 24.2 Å². The van der Waals surface area contributed by atoms with Gasteiger partial charge in [0.05, 0.1) is 39.2 Å². The van der Waals surface area contributed by atoms with Crippen LogP contribution < -0.4 is 25.2 Å². The smallest absolute Gasteiger partial charge is 0.319 e. The highest BCUT2D eigenvalue weighted by Crippen LogP contribution is 2.45. The van der Waals surface area contributed by atoms with E-state index in [0.29, 0.717) is 53.1 Å². The maximum absolute atomic E-state index is 17.4. The summed E-state index contributed by atoms with van der Waals surface area (Å²) in [6, 6.07) is 19.2. The molecule has 0 aliphatic carbocycles. The second kappa shape index (κ2) is 22.6. The van der Waals surface area contributed by atoms with E-state index in [1.165, 1.54) is 4.90 Å². The van der Waals surface area contributed by atoms with Gasteiger partial charge < -0.3 is 44.8 Å². The number of ether oxygens (including phenoxy) is 1. The number of pyridine rings is 1. The van der Waals surface area contributed by atoms with Crippen molar-refractivity contribution in [1.29, 1.82) is 0 Å². The maximum Gasteiger partial charge on any atom is 0.319 e. The van der Waals surface area contributed by atoms with Crippen molar-refractivity contribution in [2.75, 3.05) is 75.3 Å². The van der Waals surface area contributed by atoms with Gasteiger partial charge in [0.2, 0.25) is 11.8 Å². The van der Waals surface area contributed by atoms with Crippen molar-refractivity contribution in [3.63, 3.8) is 0 Å². The summed E-state index contributed by atoms with van der Waals surface area (Å²) in [5, 5.41) is 35.3. The van der Waals surface area contributed by atoms with Crippen molar-refractivity contribution in [1.82, 2.24) is 50.4 Å². The Balaban J connectivity index is 0.658. The standard InChI is InChI=1S/C63H75FN12O6S/c1-6-39-9-7-10-42-25-46(77)26-48(54(39)42)56-55(64)57-49(29-65-56)59(74-30-43-15-16-44(31-74)68-43)70-62(69-57)81-34-63-18-8-20-76(63)45(17-19-63)32-72-21-23-73(24-22-72)52-28-51(82-71-52)53(36(2)3)61(80)75-33-47(78)27-50(75)60(79)67-37(4)40-11-13-41(14-12-40)58-38(5)66-35-83-58/h7,9-14,25-26,28-29,35-37,43-45,47,50,53,68,77-78H,6,8,15-24,27,30-34H2,1-5H3,(H,67,79)/t37-,43?,44?,45-,47+,50-,53+,63-/m0/s1. The molecule has 2 amide bonds. The maximum atomic E-state index is 17.4. The summed E-state index contributed by atoms with van der Waals surface area (Å²) in [6.45, 7) is 16.9. The van der Waals surface area contributed by atoms with Crippen molar-refractivity contribution in [3.8, 4) is 33.5 Å². The molecule has 0 radical (unpaired) electrons. The van der Waals surface area contributed by atoms with Crippen LogP contribution in [0, 0.1) is 18.7 Å². The van der Waals surface area contributed by atoms with Crippen LogP contribution in [0.5, 0.6) is 11.8 Å². The van der Waals surface area contributed by atoms with E-state index < -0.39 is 23.9 Å². The third-order valence-corrected chi connectivity index (χ3v) is 19.9. The van der Waals surface area contributed by atoms with E-state index in [1.807, 2.05) is 81.7 Å². The lowest BCUT2D eigenvalue weighted by Crippen LogP contribution is -2.53. The summed E-state index contributed by atoms with van der Waals surface area (Å²) in [5.74, 6) is -0.163. The highest BCUT2D eigenvalue weighted by molar-refractivity contribution is 7.13. The number of fused-ring (bicyclic) bond motifs is 5. The van der Waals surface area contributed by atoms with Gasteiger partial charge in [0, 0.05) is 94.7 Å². The third kappa shape index (κ3) is 10.6. The van der Waals surface area contributed by atoms with Crippen LogP contribution in [0.2, 0.25) is 0 Å². The molecule has 6 aliphatic heterocycles. The van der Waals surface area contributed by atoms with E-state index in [2.05, 4.69) is 47.3 Å². The van der Waals surface area contributed by atoms with Crippen LogP contribution in [-0.2, 0) is 16.0 Å². The second-order valence-electron chi connectivity index (χ2n) is 24.5. The quantitative estimate of drug-likeness (QED) is 0.0718. The number of nitrogens with zero attached hydrogens (tertiary/aromatic N) is 10. The van der Waals surface area contributed by atoms with Gasteiger partial charge in [0.1, 0.15) is 41.3 Å². The molecule has 0 spiro atoms. The first-order valence-corrected chi connectivity index (χ1v) is 30.8. The summed E-state index contributed by atoms with van der Waals surface area (Å²) in [7, 11) is 0. The van der Waals surface area contributed by atoms with Gasteiger partial charge in [-0.15, -0.1) is 11.3 Å². The zero-order valence-electron chi connectivity index (χ0n) is 48.1. The molecule has 7 aromatic rings. The lowest BCUT2D eigenvalue weighted by Gasteiger charge is -2.39. The number of β-amino-alcohol motifs (C(OH)–C–C–N with tert-alkyl or cyclic N) is 1. The molecule has 2 unspecified atom stereocenters. The zero-order chi connectivity index (χ0) is 57.3. The molecular formula is C63H75FN12O6S. The predicted molar refractivity (Wildman–Crippen MR) is 318 cm³/mol. The number of hydrogen-bond donors (Lipinski definition) is 4. The number of halogens is 1. The highest BCUT2D eigenvalue weighted by Gasteiger charge is 2.51. The van der Waals surface area contributed by atoms with Crippen LogP contribution >= 0.6 is 11.3 Å². The number of phenols is 1. The van der Waals surface area contributed by atoms with Gasteiger partial charge in [-0.25, -0.2) is 9.37 Å². The van der Waals surface area contributed by atoms with Gasteiger partial charge in [0.15, 0.2) is 17.4 Å². The fraction of sp³-hybridized carbons (Fsp3) is 0.508. The lowest BCUT2D eigenvalue weighted by molar-refractivity contribution is -0.141. The molecule has 20 heteroatoms. The van der Waals surface area contributed by atoms with Gasteiger partial charge >= 0.3 is 6.01 Å². The number of nitrogens with one attached hydrogen (secondary N) is 2. The first-order chi connectivity index (χ1) is 40.2. The minimum Gasteiger partial charge on any atom is -0.508 e. The average molecular weight is 1150 g/mol. The summed E-state index contributed by atoms with van der Waals surface area (Å²) >= 11 is 1.59. The molecule has 6 fully saturated rings. The first kappa shape index (κ1) is 55.4. The van der Waals surface area contributed by atoms with Gasteiger partial charge in [-0.1, -0.05) is 68.4 Å². The number of aromatic nitrogens is 5. The van der Waals surface area contributed by atoms with E-state index in [9.17, 15) is 19.8 Å². The number of carbonyl (C=O) groups is 2. The topological polar surface area (TPSA) is 202 Å². The number of rotatable bonds is 16. The Morgan fingerprint density at radius 1 is 0.952 bits per heavy atom. The molecule has 10 heterocycles. The Labute approximate surface area is 487 Å². The molecule has 2 bridgehead atoms. The molecule has 8 atom stereocenters. The van der Waals surface area contributed by atoms with Crippen LogP contribution in [0.1, 0.15) is 107 Å². The number of anilines is 2. The number of aryl methyl sites for hydroxylation is 2. The highest BCUT2D eigenvalue weighted by atomic mass is 32.1. The third-order valence-electron chi connectivity index (χ3n) is 18.9. The number of thiazole rings is 1. The predicted octanol–water partition coefficient (Wildman–Crippen LogP) is 8.39. The SMILES string of the molecule is CCc1cccc2cc(O)cc(-c3ncc4c(N5CC6CCC(C5)N6)nc(OC[C@@]56CCCN5[C@H](CN5CCN(c7cc([C@H](C(=O)N8C[C@H](O)C[C@H]8C(=O)N[C@@H](C)c8ccc(-c9scnc9C)cc8)C(C)C)on7)CC5)CC6)nc4c3F)c12. The van der Waals surface area contributed by atoms with E-state index in [0.717, 1.165) is 135 Å². The minimum absolute atomic E-state index is 0.0443. The van der Waals surface area contributed by atoms with E-state index in [-0.39, 0.29) is 65.2 Å². The van der Waals surface area contributed by atoms with Gasteiger partial charge in [-0.05, 0) is 111 Å². The lowest BCUT2D eigenvalue weighted by atomic mass is 9.91. The average Bonchev–Trinajstić information content (AvgIpc) is 2.96. The van der Waals surface area contributed by atoms with Crippen molar-refractivity contribution in [2.24, 2.45) is 5.92 Å². The summed E-state index contributed by atoms with van der Waals surface area (Å²) in [4.78, 5) is 59.9. The number of hydrogen-bond acceptors (Lipinski definition) is 17. The summed E-state index contributed by atoms with van der Waals surface area (Å²) in [6.07, 6.45) is 8.00. The molecule has 6 saturated heterocycles. The number of aromatic hydroxyl groups is 1. The Morgan fingerprint density at radius 2 is 1.75 bits per heavy atom. The van der Waals surface area contributed by atoms with Crippen LogP contribution in [0.25, 0.3) is 43.4 Å². The van der Waals surface area contributed by atoms with Crippen LogP contribution in [0.3, 0.4) is 0 Å². The Hall–Kier alpha value is -6.84. The largest absolute Gasteiger partial charge is 0.508 e. The van der Waals surface area contributed by atoms with Crippen molar-refractivity contribution < 1.29 is 33.5 Å². The fourth-order valence-electron chi connectivity index (χ4n) is 14.6. The number of carbonyl (C=O) groups excluding carboxylic acids is 2. The van der Waals surface area contributed by atoms with Gasteiger partial charge in [-0.2, -0.15) is 9.97 Å². The number of amides is 2. The summed E-state index contributed by atoms with van der Waals surface area (Å²) in [5.41, 5.74) is 6.50. The van der Waals surface area contributed by atoms with Crippen LogP contribution in [0.15, 0.2) is 76.9 Å². The first-order valence-electron chi connectivity index (χ1n) is 30.0. The number of phenolic OH excluding ortho intramolecular Hbond substituents is 1. The monoisotopic (exact) mass is 1150 g/mol. The molecule has 18 nitrogen and oxygen atoms in total. The molecule has 0 saturated carbocycles. The number of likely N-dealkylation sites (tertiary alicyclic amines) is 1. The molecular weight excluding hydrogens is 1070 g/mol. The number of piperazine rings is 2. The molecule has 4 aromatic heterocycles. The summed E-state index contributed by atoms with van der Waals surface area (Å²) < 4.78 is 30.2. The molecule has 3 aromatic carbocycles. The van der Waals surface area contributed by atoms with Crippen molar-refractivity contribution >= 4 is 56.5 Å². The van der Waals surface area contributed by atoms with Gasteiger partial charge in [0.25, 0.3) is 0 Å². The Morgan fingerprint density at radius 3 is 2.49 bits per heavy atom. The molecule has 4 N–H and O–H groups in total. The van der Waals surface area contributed by atoms with E-state index >= 15 is 4.39 Å². The Bertz CT molecular complexity index is 3540. The molecule has 13 rings (SSSR count). The normalized spacial score (nSPS) is 24.6. The zero-order valence-corrected chi connectivity index (χ0v) is 48.9. The Kier molecular flexibility index (Phi) is 15.1. The van der Waals surface area contributed by atoms with Crippen LogP contribution in [-0.4, -0.2) is 163 Å². The second-order valence-corrected chi connectivity index (χ2v) is 25.4. The number of aliphatic hydroxyl groups excluding tert-OH is 1. The number of aliphatic hydroxyl groups is 1. The molecule has 436 valence electrons. The minimum atomic E-state index is -0.828. The molecule has 83 heavy (non-hydrogen) atoms. The van der Waals surface area contributed by atoms with Crippen LogP contribution in [0.4, 0.5) is 16.0 Å².